The van der Waals surface area contributed by atoms with Crippen LogP contribution in [0.15, 0.2) is 54.6 Å². The number of nitrogens with zero attached hydrogens (tertiary/aromatic N) is 1. The summed E-state index contributed by atoms with van der Waals surface area (Å²) in [5.41, 5.74) is 7.58. The Morgan fingerprint density at radius 3 is 2.67 bits per heavy atom. The van der Waals surface area contributed by atoms with Gasteiger partial charge in [0.05, 0.1) is 0 Å². The summed E-state index contributed by atoms with van der Waals surface area (Å²) in [5.74, 6) is 0.0176. The highest BCUT2D eigenvalue weighted by Gasteiger charge is 2.17. The molecule has 0 spiro atoms. The number of carbonyl (C=O) groups excluding carboxylic acids is 1. The van der Waals surface area contributed by atoms with Gasteiger partial charge < -0.3 is 15.5 Å². The Morgan fingerprint density at radius 1 is 1.21 bits per heavy atom. The van der Waals surface area contributed by atoms with Gasteiger partial charge in [0, 0.05) is 18.0 Å². The lowest BCUT2D eigenvalue weighted by Gasteiger charge is -2.12. The second kappa shape index (κ2) is 6.45. The summed E-state index contributed by atoms with van der Waals surface area (Å²) in [6.07, 6.45) is 0. The van der Waals surface area contributed by atoms with E-state index in [9.17, 15) is 4.79 Å². The number of hydrogen-bond donors (Lipinski definition) is 3. The zero-order valence-corrected chi connectivity index (χ0v) is 13.2. The van der Waals surface area contributed by atoms with E-state index in [0.717, 1.165) is 21.4 Å². The number of guanidine groups is 1. The van der Waals surface area contributed by atoms with Crippen LogP contribution in [0.4, 0.5) is 0 Å². The van der Waals surface area contributed by atoms with Gasteiger partial charge in [0.1, 0.15) is 18.1 Å². The number of carbonyl (C=O) groups is 1. The second-order valence-electron chi connectivity index (χ2n) is 5.42. The Balaban J connectivity index is 1.87. The van der Waals surface area contributed by atoms with E-state index in [4.69, 9.17) is 15.9 Å². The average Bonchev–Trinajstić information content (AvgIpc) is 3.04. The van der Waals surface area contributed by atoms with Gasteiger partial charge in [-0.15, -0.1) is 0 Å². The minimum Gasteiger partial charge on any atom is -0.488 e. The van der Waals surface area contributed by atoms with Crippen molar-refractivity contribution in [3.63, 3.8) is 0 Å². The molecule has 0 unspecified atom stereocenters. The molecule has 24 heavy (non-hydrogen) atoms. The van der Waals surface area contributed by atoms with E-state index < -0.39 is 0 Å². The number of aromatic amines is 1. The molecule has 0 radical (unpaired) electrons. The molecule has 0 atom stereocenters. The van der Waals surface area contributed by atoms with Crippen molar-refractivity contribution in [3.05, 3.63) is 65.9 Å². The SMILES string of the molecule is CN(C(=N)N)C(=O)c1cc2c(OCc3ccccc3)cccc2[nH]1. The molecule has 0 aliphatic heterocycles. The quantitative estimate of drug-likeness (QED) is 0.509. The third kappa shape index (κ3) is 3.08. The first-order valence-corrected chi connectivity index (χ1v) is 7.47. The first-order chi connectivity index (χ1) is 11.6. The van der Waals surface area contributed by atoms with E-state index in [1.54, 1.807) is 6.07 Å². The number of amides is 1. The number of rotatable bonds is 4. The number of hydrogen-bond acceptors (Lipinski definition) is 3. The van der Waals surface area contributed by atoms with Gasteiger partial charge in [-0.3, -0.25) is 15.1 Å². The first-order valence-electron chi connectivity index (χ1n) is 7.47. The largest absolute Gasteiger partial charge is 0.488 e. The van der Waals surface area contributed by atoms with Crippen molar-refractivity contribution in [3.8, 4) is 5.75 Å². The van der Waals surface area contributed by atoms with Crippen LogP contribution < -0.4 is 10.5 Å². The molecule has 6 nitrogen and oxygen atoms in total. The number of nitrogens with two attached hydrogens (primary N) is 1. The maximum absolute atomic E-state index is 12.3. The van der Waals surface area contributed by atoms with Gasteiger partial charge in [0.25, 0.3) is 5.91 Å². The van der Waals surface area contributed by atoms with Gasteiger partial charge in [-0.25, -0.2) is 0 Å². The number of benzene rings is 2. The summed E-state index contributed by atoms with van der Waals surface area (Å²) >= 11 is 0. The van der Waals surface area contributed by atoms with Crippen molar-refractivity contribution in [2.24, 2.45) is 5.73 Å². The maximum Gasteiger partial charge on any atom is 0.276 e. The molecular formula is C18H18N4O2. The van der Waals surface area contributed by atoms with Crippen molar-refractivity contribution in [1.29, 1.82) is 5.41 Å². The molecule has 0 saturated heterocycles. The molecule has 0 fully saturated rings. The lowest BCUT2D eigenvalue weighted by Crippen LogP contribution is -2.38. The monoisotopic (exact) mass is 322 g/mol. The van der Waals surface area contributed by atoms with Crippen molar-refractivity contribution in [2.45, 2.75) is 6.61 Å². The van der Waals surface area contributed by atoms with E-state index in [1.807, 2.05) is 48.5 Å². The molecule has 0 saturated carbocycles. The van der Waals surface area contributed by atoms with Crippen molar-refractivity contribution < 1.29 is 9.53 Å². The molecule has 0 aliphatic carbocycles. The Morgan fingerprint density at radius 2 is 1.96 bits per heavy atom. The predicted octanol–water partition coefficient (Wildman–Crippen LogP) is 2.71. The standard InChI is InChI=1S/C18H18N4O2/c1-22(18(19)20)17(23)15-10-13-14(21-15)8-5-9-16(13)24-11-12-6-3-2-4-7-12/h2-10,21H,11H2,1H3,(H3,19,20). The summed E-state index contributed by atoms with van der Waals surface area (Å²) in [4.78, 5) is 16.4. The third-order valence-corrected chi connectivity index (χ3v) is 3.76. The van der Waals surface area contributed by atoms with Crippen LogP contribution in [0.5, 0.6) is 5.75 Å². The molecule has 3 aromatic rings. The molecule has 3 rings (SSSR count). The fourth-order valence-electron chi connectivity index (χ4n) is 2.39. The summed E-state index contributed by atoms with van der Waals surface area (Å²) < 4.78 is 5.89. The molecule has 4 N–H and O–H groups in total. The van der Waals surface area contributed by atoms with Crippen LogP contribution in [0.3, 0.4) is 0 Å². The van der Waals surface area contributed by atoms with Gasteiger partial charge >= 0.3 is 0 Å². The Kier molecular flexibility index (Phi) is 4.20. The van der Waals surface area contributed by atoms with Gasteiger partial charge in [-0.2, -0.15) is 0 Å². The van der Waals surface area contributed by atoms with Crippen molar-refractivity contribution in [1.82, 2.24) is 9.88 Å². The van der Waals surface area contributed by atoms with Crippen LogP contribution in [-0.4, -0.2) is 28.8 Å². The molecule has 0 aliphatic rings. The summed E-state index contributed by atoms with van der Waals surface area (Å²) in [6, 6.07) is 17.2. The molecule has 1 aromatic heterocycles. The molecule has 122 valence electrons. The van der Waals surface area contributed by atoms with Crippen molar-refractivity contribution >= 4 is 22.8 Å². The number of ether oxygens (including phenoxy) is 1. The molecule has 1 amide bonds. The lowest BCUT2D eigenvalue weighted by atomic mass is 10.2. The van der Waals surface area contributed by atoms with Crippen LogP contribution in [0.1, 0.15) is 16.1 Å². The topological polar surface area (TPSA) is 95.2 Å². The van der Waals surface area contributed by atoms with E-state index >= 15 is 0 Å². The fraction of sp³-hybridized carbons (Fsp3) is 0.111. The van der Waals surface area contributed by atoms with Gasteiger partial charge in [-0.1, -0.05) is 36.4 Å². The van der Waals surface area contributed by atoms with Gasteiger partial charge in [-0.05, 0) is 23.8 Å². The van der Waals surface area contributed by atoms with Crippen LogP contribution in [0.2, 0.25) is 0 Å². The summed E-state index contributed by atoms with van der Waals surface area (Å²) in [5, 5.41) is 8.18. The molecule has 0 bridgehead atoms. The highest BCUT2D eigenvalue weighted by molar-refractivity contribution is 6.06. The van der Waals surface area contributed by atoms with Crippen LogP contribution in [0.25, 0.3) is 10.9 Å². The summed E-state index contributed by atoms with van der Waals surface area (Å²) in [7, 11) is 1.46. The fourth-order valence-corrected chi connectivity index (χ4v) is 2.39. The molecular weight excluding hydrogens is 304 g/mol. The Bertz CT molecular complexity index is 886. The first kappa shape index (κ1) is 15.6. The van der Waals surface area contributed by atoms with E-state index in [-0.39, 0.29) is 11.9 Å². The smallest absolute Gasteiger partial charge is 0.276 e. The highest BCUT2D eigenvalue weighted by Crippen LogP contribution is 2.27. The van der Waals surface area contributed by atoms with E-state index in [1.165, 1.54) is 7.05 Å². The van der Waals surface area contributed by atoms with Crippen LogP contribution in [-0.2, 0) is 6.61 Å². The van der Waals surface area contributed by atoms with Crippen molar-refractivity contribution in [2.75, 3.05) is 7.05 Å². The highest BCUT2D eigenvalue weighted by atomic mass is 16.5. The van der Waals surface area contributed by atoms with Gasteiger partial charge in [0.2, 0.25) is 0 Å². The van der Waals surface area contributed by atoms with Crippen LogP contribution >= 0.6 is 0 Å². The Labute approximate surface area is 139 Å². The lowest BCUT2D eigenvalue weighted by molar-refractivity contribution is 0.0864. The zero-order chi connectivity index (χ0) is 17.1. The minimum atomic E-state index is -0.368. The zero-order valence-electron chi connectivity index (χ0n) is 13.2. The Hall–Kier alpha value is -3.28. The minimum absolute atomic E-state index is 0.306. The normalized spacial score (nSPS) is 10.5. The third-order valence-electron chi connectivity index (χ3n) is 3.76. The average molecular weight is 322 g/mol. The van der Waals surface area contributed by atoms with E-state index in [0.29, 0.717) is 18.1 Å². The van der Waals surface area contributed by atoms with Gasteiger partial charge in [0.15, 0.2) is 5.96 Å². The number of H-pyrrole nitrogens is 1. The number of fused-ring (bicyclic) bond motifs is 1. The molecule has 6 heteroatoms. The predicted molar refractivity (Wildman–Crippen MR) is 93.1 cm³/mol. The molecule has 2 aromatic carbocycles. The van der Waals surface area contributed by atoms with Crippen LogP contribution in [0, 0.1) is 5.41 Å². The summed E-state index contributed by atoms with van der Waals surface area (Å²) in [6.45, 7) is 0.446. The van der Waals surface area contributed by atoms with E-state index in [2.05, 4.69) is 4.98 Å². The molecule has 1 heterocycles. The second-order valence-corrected chi connectivity index (χ2v) is 5.42. The maximum atomic E-state index is 12.3. The number of aromatic nitrogens is 1. The number of nitrogens with one attached hydrogen (secondary N) is 2.